The van der Waals surface area contributed by atoms with Crippen molar-refractivity contribution in [3.8, 4) is 0 Å². The number of carbonyl (C=O) groups excluding carboxylic acids is 1. The minimum Gasteiger partial charge on any atom is -0.412 e. The minimum absolute atomic E-state index is 0.0253. The van der Waals surface area contributed by atoms with Crippen molar-refractivity contribution in [2.45, 2.75) is 89.2 Å². The quantitative estimate of drug-likeness (QED) is 0.640. The smallest absolute Gasteiger partial charge is 0.412 e. The van der Waals surface area contributed by atoms with Crippen molar-refractivity contribution in [3.05, 3.63) is 35.9 Å². The van der Waals surface area contributed by atoms with Gasteiger partial charge >= 0.3 is 6.09 Å². The van der Waals surface area contributed by atoms with Crippen molar-refractivity contribution in [2.75, 3.05) is 13.2 Å². The second-order valence-corrected chi connectivity index (χ2v) is 15.5. The van der Waals surface area contributed by atoms with Gasteiger partial charge in [-0.2, -0.15) is 0 Å². The van der Waals surface area contributed by atoms with Crippen LogP contribution in [-0.4, -0.2) is 62.3 Å². The number of nitrogens with zero attached hydrogens (tertiary/aromatic N) is 1. The SMILES string of the molecule is CC1(C)O[C@@H]2[C@@H](CO[C@]3(CN(Cc4ccccc4)C(=O)O3)[C@H]2O[Si](C)(C)C(C)(C)C)O1. The van der Waals surface area contributed by atoms with Crippen LogP contribution in [0.2, 0.25) is 18.1 Å². The molecule has 3 heterocycles. The number of benzene rings is 1. The molecule has 8 heteroatoms. The third kappa shape index (κ3) is 4.28. The second-order valence-electron chi connectivity index (χ2n) is 10.8. The van der Waals surface area contributed by atoms with Gasteiger partial charge in [0.25, 0.3) is 5.79 Å². The Morgan fingerprint density at radius 3 is 2.48 bits per heavy atom. The van der Waals surface area contributed by atoms with Crippen molar-refractivity contribution in [1.82, 2.24) is 4.90 Å². The summed E-state index contributed by atoms with van der Waals surface area (Å²) in [5, 5.41) is -0.0253. The number of fused-ring (bicyclic) bond motifs is 1. The van der Waals surface area contributed by atoms with Crippen molar-refractivity contribution >= 4 is 14.4 Å². The van der Waals surface area contributed by atoms with E-state index in [1.165, 1.54) is 0 Å². The van der Waals surface area contributed by atoms with Crippen LogP contribution in [0, 0.1) is 0 Å². The lowest BCUT2D eigenvalue weighted by atomic mass is 9.97. The fourth-order valence-corrected chi connectivity index (χ4v) is 5.48. The van der Waals surface area contributed by atoms with Gasteiger partial charge in [0.05, 0.1) is 13.2 Å². The van der Waals surface area contributed by atoms with Gasteiger partial charge in [-0.3, -0.25) is 4.90 Å². The highest BCUT2D eigenvalue weighted by Gasteiger charge is 2.65. The summed E-state index contributed by atoms with van der Waals surface area (Å²) in [6, 6.07) is 9.87. The first-order chi connectivity index (χ1) is 14.3. The maximum absolute atomic E-state index is 12.9. The molecule has 31 heavy (non-hydrogen) atoms. The van der Waals surface area contributed by atoms with Crippen LogP contribution < -0.4 is 0 Å². The molecule has 0 aliphatic carbocycles. The van der Waals surface area contributed by atoms with E-state index in [0.717, 1.165) is 5.56 Å². The highest BCUT2D eigenvalue weighted by Crippen LogP contribution is 2.47. The van der Waals surface area contributed by atoms with Crippen LogP contribution in [0.25, 0.3) is 0 Å². The van der Waals surface area contributed by atoms with E-state index < -0.39 is 32.1 Å². The second kappa shape index (κ2) is 7.56. The van der Waals surface area contributed by atoms with Crippen LogP contribution in [0.3, 0.4) is 0 Å². The Morgan fingerprint density at radius 2 is 1.84 bits per heavy atom. The van der Waals surface area contributed by atoms with Gasteiger partial charge in [0, 0.05) is 6.54 Å². The van der Waals surface area contributed by atoms with E-state index in [1.807, 2.05) is 44.2 Å². The first-order valence-electron chi connectivity index (χ1n) is 11.0. The number of hydrogen-bond donors (Lipinski definition) is 0. The number of hydrogen-bond acceptors (Lipinski definition) is 6. The topological polar surface area (TPSA) is 66.5 Å². The number of ether oxygens (including phenoxy) is 4. The monoisotopic (exact) mass is 449 g/mol. The van der Waals surface area contributed by atoms with Crippen molar-refractivity contribution in [3.63, 3.8) is 0 Å². The van der Waals surface area contributed by atoms with E-state index in [9.17, 15) is 4.79 Å². The summed E-state index contributed by atoms with van der Waals surface area (Å²) < 4.78 is 31.4. The molecule has 3 aliphatic heterocycles. The third-order valence-corrected chi connectivity index (χ3v) is 11.3. The van der Waals surface area contributed by atoms with E-state index in [2.05, 4.69) is 33.9 Å². The molecule has 7 nitrogen and oxygen atoms in total. The molecular weight excluding hydrogens is 414 g/mol. The average Bonchev–Trinajstić information content (AvgIpc) is 3.14. The molecule has 0 saturated carbocycles. The lowest BCUT2D eigenvalue weighted by Crippen LogP contribution is -2.65. The highest BCUT2D eigenvalue weighted by atomic mass is 28.4. The van der Waals surface area contributed by atoms with Crippen LogP contribution in [-0.2, 0) is 29.9 Å². The van der Waals surface area contributed by atoms with Crippen molar-refractivity contribution in [2.24, 2.45) is 0 Å². The van der Waals surface area contributed by atoms with E-state index in [1.54, 1.807) is 4.90 Å². The van der Waals surface area contributed by atoms with Crippen LogP contribution in [0.4, 0.5) is 4.79 Å². The number of carbonyl (C=O) groups is 1. The van der Waals surface area contributed by atoms with Crippen LogP contribution in [0.5, 0.6) is 0 Å². The maximum Gasteiger partial charge on any atom is 0.412 e. The third-order valence-electron chi connectivity index (χ3n) is 6.82. The average molecular weight is 450 g/mol. The Morgan fingerprint density at radius 1 is 1.16 bits per heavy atom. The molecular formula is C23H35NO6Si. The highest BCUT2D eigenvalue weighted by molar-refractivity contribution is 6.74. The molecule has 3 aliphatic rings. The molecule has 0 aromatic heterocycles. The zero-order chi connectivity index (χ0) is 22.7. The van der Waals surface area contributed by atoms with Crippen LogP contribution in [0.15, 0.2) is 30.3 Å². The lowest BCUT2D eigenvalue weighted by molar-refractivity contribution is -0.283. The summed E-state index contributed by atoms with van der Waals surface area (Å²) in [6.45, 7) is 15.7. The van der Waals surface area contributed by atoms with Gasteiger partial charge in [-0.15, -0.1) is 0 Å². The first-order valence-corrected chi connectivity index (χ1v) is 13.9. The molecule has 4 atom stereocenters. The Hall–Kier alpha value is -1.45. The molecule has 0 unspecified atom stereocenters. The lowest BCUT2D eigenvalue weighted by Gasteiger charge is -2.48. The Bertz CT molecular complexity index is 823. The summed E-state index contributed by atoms with van der Waals surface area (Å²) in [5.74, 6) is -1.96. The molecule has 0 N–H and O–H groups in total. The minimum atomic E-state index is -2.24. The standard InChI is InChI=1S/C23H35NO6Si/c1-21(2,3)31(6,7)30-19-18-17(27-22(4,5)28-18)14-26-23(19)15-24(20(25)29-23)13-16-11-9-8-10-12-16/h8-12,17-19H,13-15H2,1-7H3/t17-,18-,19+,23+/m1/s1. The molecule has 0 radical (unpaired) electrons. The molecule has 1 aromatic rings. The van der Waals surface area contributed by atoms with Gasteiger partial charge in [0.15, 0.2) is 14.1 Å². The zero-order valence-electron chi connectivity index (χ0n) is 19.6. The molecule has 3 saturated heterocycles. The van der Waals surface area contributed by atoms with Gasteiger partial charge in [0.2, 0.25) is 0 Å². The summed E-state index contributed by atoms with van der Waals surface area (Å²) in [7, 11) is -2.24. The van der Waals surface area contributed by atoms with Gasteiger partial charge < -0.3 is 23.4 Å². The van der Waals surface area contributed by atoms with Crippen molar-refractivity contribution < 1.29 is 28.2 Å². The Labute approximate surface area is 186 Å². The van der Waals surface area contributed by atoms with Crippen molar-refractivity contribution in [1.29, 1.82) is 0 Å². The van der Waals surface area contributed by atoms with E-state index >= 15 is 0 Å². The largest absolute Gasteiger partial charge is 0.412 e. The van der Waals surface area contributed by atoms with Gasteiger partial charge in [-0.25, -0.2) is 4.79 Å². The normalized spacial score (nSPS) is 32.9. The Balaban J connectivity index is 1.64. The molecule has 1 amide bonds. The van der Waals surface area contributed by atoms with E-state index in [-0.39, 0.29) is 30.4 Å². The Kier molecular flexibility index (Phi) is 5.54. The summed E-state index contributed by atoms with van der Waals surface area (Å²) in [5.41, 5.74) is 1.04. The summed E-state index contributed by atoms with van der Waals surface area (Å²) >= 11 is 0. The van der Waals surface area contributed by atoms with Gasteiger partial charge in [-0.05, 0) is 37.5 Å². The van der Waals surface area contributed by atoms with Gasteiger partial charge in [-0.1, -0.05) is 51.1 Å². The molecule has 3 fully saturated rings. The number of amides is 1. The predicted octanol–water partition coefficient (Wildman–Crippen LogP) is 4.28. The maximum atomic E-state index is 12.9. The molecule has 0 bridgehead atoms. The van der Waals surface area contributed by atoms with E-state index in [4.69, 9.17) is 23.4 Å². The summed E-state index contributed by atoms with van der Waals surface area (Å²) in [4.78, 5) is 14.6. The zero-order valence-corrected chi connectivity index (χ0v) is 20.6. The van der Waals surface area contributed by atoms with Gasteiger partial charge in [0.1, 0.15) is 18.3 Å². The van der Waals surface area contributed by atoms with E-state index in [0.29, 0.717) is 6.54 Å². The number of rotatable bonds is 4. The summed E-state index contributed by atoms with van der Waals surface area (Å²) in [6.07, 6.45) is -1.61. The van der Waals surface area contributed by atoms with Crippen LogP contribution >= 0.6 is 0 Å². The first kappa shape index (κ1) is 22.7. The fraction of sp³-hybridized carbons (Fsp3) is 0.696. The fourth-order valence-electron chi connectivity index (χ4n) is 4.18. The predicted molar refractivity (Wildman–Crippen MR) is 118 cm³/mol. The van der Waals surface area contributed by atoms with Crippen LogP contribution in [0.1, 0.15) is 40.2 Å². The molecule has 1 aromatic carbocycles. The molecule has 1 spiro atoms. The molecule has 172 valence electrons. The molecule has 4 rings (SSSR count).